The average Bonchev–Trinajstić information content (AvgIpc) is 3.02. The molecule has 0 saturated carbocycles. The van der Waals surface area contributed by atoms with Crippen LogP contribution in [0.5, 0.6) is 11.5 Å². The van der Waals surface area contributed by atoms with Crippen molar-refractivity contribution in [2.45, 2.75) is 51.6 Å². The van der Waals surface area contributed by atoms with Gasteiger partial charge < -0.3 is 9.47 Å². The van der Waals surface area contributed by atoms with Gasteiger partial charge in [0.15, 0.2) is 0 Å². The molecule has 206 valence electrons. The van der Waals surface area contributed by atoms with Crippen LogP contribution in [0, 0.1) is 0 Å². The van der Waals surface area contributed by atoms with Crippen LogP contribution in [-0.2, 0) is 0 Å². The highest BCUT2D eigenvalue weighted by molar-refractivity contribution is 5.77. The van der Waals surface area contributed by atoms with Crippen LogP contribution >= 0.6 is 0 Å². The summed E-state index contributed by atoms with van der Waals surface area (Å²) >= 11 is 0. The molecule has 0 aliphatic rings. The molecule has 0 spiro atoms. The first-order valence-corrected chi connectivity index (χ1v) is 14.0. The van der Waals surface area contributed by atoms with Crippen LogP contribution in [0.3, 0.4) is 0 Å². The smallest absolute Gasteiger partial charge is 0.137 e. The number of aliphatic imine (C=N–C) groups is 2. The lowest BCUT2D eigenvalue weighted by Gasteiger charge is -2.08. The third-order valence-corrected chi connectivity index (χ3v) is 6.52. The lowest BCUT2D eigenvalue weighted by Crippen LogP contribution is -2.01. The van der Waals surface area contributed by atoms with Crippen molar-refractivity contribution in [3.05, 3.63) is 120 Å². The fourth-order valence-electron chi connectivity index (χ4n) is 4.06. The van der Waals surface area contributed by atoms with Crippen molar-refractivity contribution in [2.75, 3.05) is 13.2 Å². The first-order chi connectivity index (χ1) is 19.7. The Bertz CT molecular complexity index is 1200. The molecule has 0 fully saturated rings. The van der Waals surface area contributed by atoms with Gasteiger partial charge >= 0.3 is 0 Å². The van der Waals surface area contributed by atoms with Gasteiger partial charge in [0.05, 0.1) is 49.1 Å². The van der Waals surface area contributed by atoms with Crippen molar-refractivity contribution in [1.82, 2.24) is 9.97 Å². The molecular weight excluding hydrogens is 496 g/mol. The highest BCUT2D eigenvalue weighted by atomic mass is 16.5. The summed E-state index contributed by atoms with van der Waals surface area (Å²) in [6.45, 7) is 5.51. The summed E-state index contributed by atoms with van der Waals surface area (Å²) < 4.78 is 11.7. The molecule has 0 unspecified atom stereocenters. The van der Waals surface area contributed by atoms with E-state index in [1.165, 1.54) is 11.1 Å². The van der Waals surface area contributed by atoms with Gasteiger partial charge in [-0.1, -0.05) is 60.7 Å². The van der Waals surface area contributed by atoms with E-state index in [2.05, 4.69) is 58.1 Å². The van der Waals surface area contributed by atoms with Gasteiger partial charge in [0, 0.05) is 12.4 Å². The third-order valence-electron chi connectivity index (χ3n) is 6.52. The van der Waals surface area contributed by atoms with Crippen molar-refractivity contribution in [3.8, 4) is 11.5 Å². The molecule has 6 heteroatoms. The highest BCUT2D eigenvalue weighted by Gasteiger charge is 2.03. The highest BCUT2D eigenvalue weighted by Crippen LogP contribution is 2.17. The fraction of sp³-hybridized carbons (Fsp3) is 0.294. The van der Waals surface area contributed by atoms with E-state index in [9.17, 15) is 0 Å². The SMILES string of the molecule is C[C@@H](/N=C/c1ccc(OCCCCCCOc2ccc(/C=N/[C@H](C)c3ccccc3)nc2)cn1)c1ccccc1. The number of ether oxygens (including phenoxy) is 2. The summed E-state index contributed by atoms with van der Waals surface area (Å²) in [7, 11) is 0. The van der Waals surface area contributed by atoms with Crippen LogP contribution in [0.15, 0.2) is 107 Å². The van der Waals surface area contributed by atoms with Gasteiger partial charge in [-0.3, -0.25) is 20.0 Å². The number of hydrogen-bond donors (Lipinski definition) is 0. The van der Waals surface area contributed by atoms with Gasteiger partial charge in [-0.05, 0) is 74.9 Å². The molecule has 0 N–H and O–H groups in total. The largest absolute Gasteiger partial charge is 0.492 e. The molecule has 2 aromatic heterocycles. The van der Waals surface area contributed by atoms with Crippen molar-refractivity contribution in [1.29, 1.82) is 0 Å². The lowest BCUT2D eigenvalue weighted by molar-refractivity contribution is 0.286. The zero-order valence-electron chi connectivity index (χ0n) is 23.4. The zero-order chi connectivity index (χ0) is 27.8. The lowest BCUT2D eigenvalue weighted by atomic mass is 10.1. The van der Waals surface area contributed by atoms with Crippen LogP contribution in [0.1, 0.15) is 74.1 Å². The molecule has 2 heterocycles. The van der Waals surface area contributed by atoms with Crippen molar-refractivity contribution >= 4 is 12.4 Å². The van der Waals surface area contributed by atoms with E-state index in [1.807, 2.05) is 73.1 Å². The number of nitrogens with zero attached hydrogens (tertiary/aromatic N) is 4. The molecule has 0 amide bonds. The van der Waals surface area contributed by atoms with E-state index in [4.69, 9.17) is 9.47 Å². The second-order valence-corrected chi connectivity index (χ2v) is 9.68. The molecule has 40 heavy (non-hydrogen) atoms. The van der Waals surface area contributed by atoms with E-state index in [1.54, 1.807) is 12.4 Å². The van der Waals surface area contributed by atoms with Gasteiger partial charge in [-0.15, -0.1) is 0 Å². The molecular formula is C34H38N4O2. The zero-order valence-corrected chi connectivity index (χ0v) is 23.4. The number of unbranched alkanes of at least 4 members (excludes halogenated alkanes) is 3. The topological polar surface area (TPSA) is 69.0 Å². The van der Waals surface area contributed by atoms with E-state index in [-0.39, 0.29) is 12.1 Å². The van der Waals surface area contributed by atoms with Gasteiger partial charge in [-0.2, -0.15) is 0 Å². The average molecular weight is 535 g/mol. The van der Waals surface area contributed by atoms with Crippen LogP contribution in [0.25, 0.3) is 0 Å². The van der Waals surface area contributed by atoms with Gasteiger partial charge in [-0.25, -0.2) is 0 Å². The molecule has 0 radical (unpaired) electrons. The van der Waals surface area contributed by atoms with Crippen LogP contribution in [-0.4, -0.2) is 35.6 Å². The van der Waals surface area contributed by atoms with Gasteiger partial charge in [0.1, 0.15) is 11.5 Å². The Balaban J connectivity index is 1.05. The second kappa shape index (κ2) is 15.9. The van der Waals surface area contributed by atoms with E-state index < -0.39 is 0 Å². The summed E-state index contributed by atoms with van der Waals surface area (Å²) in [5.74, 6) is 1.57. The van der Waals surface area contributed by atoms with Crippen LogP contribution in [0.4, 0.5) is 0 Å². The third kappa shape index (κ3) is 9.77. The first-order valence-electron chi connectivity index (χ1n) is 14.0. The predicted molar refractivity (Wildman–Crippen MR) is 163 cm³/mol. The molecule has 0 saturated heterocycles. The quantitative estimate of drug-likeness (QED) is 0.115. The molecule has 2 aromatic carbocycles. The molecule has 4 aromatic rings. The minimum absolute atomic E-state index is 0.0980. The van der Waals surface area contributed by atoms with E-state index in [0.29, 0.717) is 13.2 Å². The van der Waals surface area contributed by atoms with E-state index >= 15 is 0 Å². The Morgan fingerprint density at radius 2 is 1.00 bits per heavy atom. The predicted octanol–water partition coefficient (Wildman–Crippen LogP) is 7.86. The standard InChI is InChI=1S/C34H38N4O2/c1-27(29-13-7-5-8-14-29)35-23-31-17-19-33(25-37-31)39-21-11-3-4-12-22-40-34-20-18-32(38-26-34)24-36-28(2)30-15-9-6-10-16-30/h5-10,13-20,23-28H,3-4,11-12,21-22H2,1-2H3/b35-23+,36-24+/t27-,28-/m1/s1. The van der Waals surface area contributed by atoms with Crippen LogP contribution < -0.4 is 9.47 Å². The molecule has 0 bridgehead atoms. The van der Waals surface area contributed by atoms with Crippen molar-refractivity contribution < 1.29 is 9.47 Å². The fourth-order valence-corrected chi connectivity index (χ4v) is 4.06. The molecule has 6 nitrogen and oxygen atoms in total. The number of hydrogen-bond acceptors (Lipinski definition) is 6. The summed E-state index contributed by atoms with van der Waals surface area (Å²) in [6.07, 6.45) is 11.3. The molecule has 0 aliphatic carbocycles. The summed E-state index contributed by atoms with van der Waals surface area (Å²) in [5.41, 5.74) is 4.02. The monoisotopic (exact) mass is 534 g/mol. The maximum absolute atomic E-state index is 5.85. The molecule has 0 aliphatic heterocycles. The number of pyridine rings is 2. The second-order valence-electron chi connectivity index (χ2n) is 9.68. The summed E-state index contributed by atoms with van der Waals surface area (Å²) in [6, 6.07) is 28.5. The molecule has 4 rings (SSSR count). The maximum Gasteiger partial charge on any atom is 0.137 e. The van der Waals surface area contributed by atoms with Crippen molar-refractivity contribution in [2.24, 2.45) is 9.98 Å². The Labute approximate surface area is 237 Å². The van der Waals surface area contributed by atoms with Gasteiger partial charge in [0.2, 0.25) is 0 Å². The maximum atomic E-state index is 5.85. The first kappa shape index (κ1) is 28.7. The summed E-state index contributed by atoms with van der Waals surface area (Å²) in [4.78, 5) is 18.1. The molecule has 2 atom stereocenters. The minimum atomic E-state index is 0.0980. The number of benzene rings is 2. The van der Waals surface area contributed by atoms with E-state index in [0.717, 1.165) is 48.6 Å². The Kier molecular flexibility index (Phi) is 11.4. The minimum Gasteiger partial charge on any atom is -0.492 e. The van der Waals surface area contributed by atoms with Gasteiger partial charge in [0.25, 0.3) is 0 Å². The number of aromatic nitrogens is 2. The van der Waals surface area contributed by atoms with Crippen LogP contribution in [0.2, 0.25) is 0 Å². The Morgan fingerprint density at radius 3 is 1.38 bits per heavy atom. The summed E-state index contributed by atoms with van der Waals surface area (Å²) in [5, 5.41) is 0. The Morgan fingerprint density at radius 1 is 0.575 bits per heavy atom. The Hall–Kier alpha value is -4.32. The number of rotatable bonds is 15. The van der Waals surface area contributed by atoms with Crippen molar-refractivity contribution in [3.63, 3.8) is 0 Å². The normalized spacial score (nSPS) is 12.9.